The number of benzene rings is 2. The zero-order valence-electron chi connectivity index (χ0n) is 9.80. The molecule has 2 rings (SSSR count). The van der Waals surface area contributed by atoms with Crippen LogP contribution >= 0.6 is 0 Å². The molecule has 0 saturated heterocycles. The van der Waals surface area contributed by atoms with Gasteiger partial charge in [-0.2, -0.15) is 0 Å². The van der Waals surface area contributed by atoms with Crippen molar-refractivity contribution in [1.82, 2.24) is 0 Å². The molecule has 1 nitrogen and oxygen atoms in total. The van der Waals surface area contributed by atoms with Gasteiger partial charge in [-0.3, -0.25) is 4.79 Å². The second-order valence-electron chi connectivity index (χ2n) is 4.00. The van der Waals surface area contributed by atoms with E-state index in [1.54, 1.807) is 6.08 Å². The quantitative estimate of drug-likeness (QED) is 0.431. The predicted molar refractivity (Wildman–Crippen MR) is 72.7 cm³/mol. The van der Waals surface area contributed by atoms with Crippen molar-refractivity contribution in [3.05, 3.63) is 77.4 Å². The first kappa shape index (κ1) is 11.3. The molecule has 0 aliphatic carbocycles. The van der Waals surface area contributed by atoms with Gasteiger partial charge in [0.2, 0.25) is 0 Å². The van der Waals surface area contributed by atoms with Gasteiger partial charge in [-0.15, -0.1) is 0 Å². The van der Waals surface area contributed by atoms with E-state index in [0.717, 1.165) is 11.1 Å². The van der Waals surface area contributed by atoms with Crippen LogP contribution in [0.15, 0.2) is 60.7 Å². The van der Waals surface area contributed by atoms with Crippen LogP contribution in [0.1, 0.15) is 16.7 Å². The summed E-state index contributed by atoms with van der Waals surface area (Å²) in [6.07, 6.45) is 3.63. The van der Waals surface area contributed by atoms with E-state index in [1.807, 2.05) is 48.5 Å². The van der Waals surface area contributed by atoms with E-state index in [0.29, 0.717) is 0 Å². The molecule has 2 aromatic rings. The molecule has 0 bridgehead atoms. The van der Waals surface area contributed by atoms with Gasteiger partial charge >= 0.3 is 5.78 Å². The van der Waals surface area contributed by atoms with Crippen LogP contribution in [-0.2, 0) is 0 Å². The summed E-state index contributed by atoms with van der Waals surface area (Å²) < 4.78 is 0. The Balaban J connectivity index is 2.11. The Morgan fingerprint density at radius 2 is 1.59 bits per heavy atom. The molecule has 2 aromatic carbocycles. The third-order valence-electron chi connectivity index (χ3n) is 2.58. The number of hydrogen-bond acceptors (Lipinski definition) is 0. The van der Waals surface area contributed by atoms with Gasteiger partial charge in [0.15, 0.2) is 0 Å². The molecule has 84 valence electrons. The molecule has 0 aliphatic heterocycles. The molecule has 1 heteroatoms. The highest BCUT2D eigenvalue weighted by Gasteiger charge is 2.05. The van der Waals surface area contributed by atoms with E-state index < -0.39 is 0 Å². The number of hydrogen-bond donors (Lipinski definition) is 0. The molecular formula is C16H15O+. The molecule has 0 unspecified atom stereocenters. The molecule has 0 radical (unpaired) electrons. The van der Waals surface area contributed by atoms with Gasteiger partial charge < -0.3 is 0 Å². The number of rotatable bonds is 3. The van der Waals surface area contributed by atoms with Crippen molar-refractivity contribution < 1.29 is 4.79 Å². The van der Waals surface area contributed by atoms with Crippen LogP contribution in [0.3, 0.4) is 0 Å². The van der Waals surface area contributed by atoms with Crippen molar-refractivity contribution in [3.63, 3.8) is 0 Å². The molecule has 0 spiro atoms. The van der Waals surface area contributed by atoms with E-state index in [4.69, 9.17) is 0 Å². The lowest BCUT2D eigenvalue weighted by Crippen LogP contribution is -1.94. The van der Waals surface area contributed by atoms with E-state index >= 15 is 0 Å². The van der Waals surface area contributed by atoms with Gasteiger partial charge in [-0.25, -0.2) is 0 Å². The lowest BCUT2D eigenvalue weighted by molar-refractivity contribution is 0.682. The van der Waals surface area contributed by atoms with Crippen LogP contribution in [0.5, 0.6) is 0 Å². The molecule has 0 atom stereocenters. The maximum atomic E-state index is 9.87. The molecule has 0 amide bonds. The van der Waals surface area contributed by atoms with E-state index in [9.17, 15) is 4.79 Å². The standard InChI is InChI=1S/C16H14O/c1-13-7-9-14(10-8-13)11-12-16(17)15-5-3-2-4-6-15/h2-12H,1H3/p+1/b12-11+. The Morgan fingerprint density at radius 1 is 0.941 bits per heavy atom. The molecule has 0 aliphatic rings. The predicted octanol–water partition coefficient (Wildman–Crippen LogP) is 3.60. The molecule has 17 heavy (non-hydrogen) atoms. The summed E-state index contributed by atoms with van der Waals surface area (Å²) >= 11 is 0. The second-order valence-corrected chi connectivity index (χ2v) is 4.00. The van der Waals surface area contributed by atoms with Gasteiger partial charge in [0, 0.05) is 6.08 Å². The Morgan fingerprint density at radius 3 is 2.24 bits per heavy atom. The maximum Gasteiger partial charge on any atom is 0.347 e. The summed E-state index contributed by atoms with van der Waals surface area (Å²) in [5.74, 6) is 0.283. The summed E-state index contributed by atoms with van der Waals surface area (Å²) in [5, 5.41) is 0. The van der Waals surface area contributed by atoms with Crippen LogP contribution in [0.25, 0.3) is 6.08 Å². The first-order chi connectivity index (χ1) is 8.25. The van der Waals surface area contributed by atoms with E-state index in [2.05, 4.69) is 19.1 Å². The van der Waals surface area contributed by atoms with Crippen LogP contribution in [0, 0.1) is 6.92 Å². The maximum absolute atomic E-state index is 9.87. The van der Waals surface area contributed by atoms with Gasteiger partial charge in [0.1, 0.15) is 0 Å². The molecular weight excluding hydrogens is 208 g/mol. The van der Waals surface area contributed by atoms with Crippen molar-refractivity contribution in [1.29, 1.82) is 0 Å². The van der Waals surface area contributed by atoms with Crippen LogP contribution in [0.4, 0.5) is 0 Å². The van der Waals surface area contributed by atoms with Crippen LogP contribution in [0.2, 0.25) is 0 Å². The average Bonchev–Trinajstić information content (AvgIpc) is 2.39. The van der Waals surface area contributed by atoms with Crippen molar-refractivity contribution in [2.45, 2.75) is 6.92 Å². The summed E-state index contributed by atoms with van der Waals surface area (Å²) in [7, 11) is 0. The van der Waals surface area contributed by atoms with Gasteiger partial charge in [0.25, 0.3) is 0 Å². The minimum absolute atomic E-state index is 0.283. The number of allylic oxidation sites excluding steroid dienone is 1. The minimum Gasteiger partial charge on any atom is -0.273 e. The van der Waals surface area contributed by atoms with Crippen LogP contribution < -0.4 is 0 Å². The highest BCUT2D eigenvalue weighted by atomic mass is 16.1. The van der Waals surface area contributed by atoms with Crippen LogP contribution in [-0.4, -0.2) is 10.6 Å². The van der Waals surface area contributed by atoms with Crippen molar-refractivity contribution in [3.8, 4) is 0 Å². The normalized spacial score (nSPS) is 10.6. The SMILES string of the molecule is Cc1ccc(/C=C/C(=[OH+])c2ccccc2)cc1. The fraction of sp³-hybridized carbons (Fsp3) is 0.0625. The number of ketones is 1. The fourth-order valence-electron chi connectivity index (χ4n) is 1.56. The summed E-state index contributed by atoms with van der Waals surface area (Å²) in [6.45, 7) is 2.06. The molecule has 0 saturated carbocycles. The Hall–Kier alpha value is -2.15. The Bertz CT molecular complexity index is 521. The monoisotopic (exact) mass is 223 g/mol. The van der Waals surface area contributed by atoms with E-state index in [-0.39, 0.29) is 5.78 Å². The number of aryl methyl sites for hydroxylation is 1. The third kappa shape index (κ3) is 3.15. The summed E-state index contributed by atoms with van der Waals surface area (Å²) in [6, 6.07) is 17.7. The van der Waals surface area contributed by atoms with Crippen molar-refractivity contribution in [2.75, 3.05) is 0 Å². The molecule has 0 heterocycles. The van der Waals surface area contributed by atoms with E-state index in [1.165, 1.54) is 5.56 Å². The zero-order valence-corrected chi connectivity index (χ0v) is 9.80. The zero-order chi connectivity index (χ0) is 12.1. The Kier molecular flexibility index (Phi) is 3.51. The summed E-state index contributed by atoms with van der Waals surface area (Å²) in [5.41, 5.74) is 3.15. The van der Waals surface area contributed by atoms with Gasteiger partial charge in [0.05, 0.1) is 5.56 Å². The Labute approximate surface area is 101 Å². The topological polar surface area (TPSA) is 21.4 Å². The highest BCUT2D eigenvalue weighted by molar-refractivity contribution is 6.07. The molecule has 1 N–H and O–H groups in total. The average molecular weight is 223 g/mol. The third-order valence-corrected chi connectivity index (χ3v) is 2.58. The van der Waals surface area contributed by atoms with Gasteiger partial charge in [-0.05, 0) is 30.7 Å². The number of carbonyl (C=O) groups excluding carboxylic acids is 1. The largest absolute Gasteiger partial charge is 0.347 e. The summed E-state index contributed by atoms with van der Waals surface area (Å²) in [4.78, 5) is 9.87. The molecule has 0 aromatic heterocycles. The highest BCUT2D eigenvalue weighted by Crippen LogP contribution is 2.06. The first-order valence-corrected chi connectivity index (χ1v) is 5.62. The minimum atomic E-state index is 0.283. The van der Waals surface area contributed by atoms with Crippen molar-refractivity contribution in [2.24, 2.45) is 0 Å². The lowest BCUT2D eigenvalue weighted by Gasteiger charge is -1.93. The lowest BCUT2D eigenvalue weighted by atomic mass is 10.1. The van der Waals surface area contributed by atoms with Gasteiger partial charge in [-0.1, -0.05) is 48.0 Å². The first-order valence-electron chi connectivity index (χ1n) is 5.62. The second kappa shape index (κ2) is 5.26. The molecule has 0 fully saturated rings. The van der Waals surface area contributed by atoms with Crippen molar-refractivity contribution >= 4 is 11.9 Å². The smallest absolute Gasteiger partial charge is 0.273 e. The fourth-order valence-corrected chi connectivity index (χ4v) is 1.56.